The Balaban J connectivity index is 2.17. The fraction of sp³-hybridized carbons (Fsp3) is 0.312. The molecule has 0 saturated heterocycles. The normalized spacial score (nSPS) is 11.5. The summed E-state index contributed by atoms with van der Waals surface area (Å²) in [4.78, 5) is 12.0. The van der Waals surface area contributed by atoms with Gasteiger partial charge >= 0.3 is 0 Å². The molecule has 0 spiro atoms. The van der Waals surface area contributed by atoms with Crippen LogP contribution in [0, 0.1) is 0 Å². The maximum absolute atomic E-state index is 12.0. The molecule has 19 heavy (non-hydrogen) atoms. The van der Waals surface area contributed by atoms with E-state index in [1.807, 2.05) is 32.0 Å². The topological polar surface area (TPSA) is 41.1 Å². The Morgan fingerprint density at radius 2 is 1.79 bits per heavy atom. The number of fused-ring (bicyclic) bond motifs is 1. The molecule has 2 aromatic rings. The predicted octanol–water partition coefficient (Wildman–Crippen LogP) is 2.45. The van der Waals surface area contributed by atoms with Crippen molar-refractivity contribution in [3.63, 3.8) is 0 Å². The lowest BCUT2D eigenvalue weighted by molar-refractivity contribution is -0.126. The Morgan fingerprint density at radius 3 is 2.53 bits per heavy atom. The van der Waals surface area contributed by atoms with E-state index in [2.05, 4.69) is 34.9 Å². The zero-order valence-electron chi connectivity index (χ0n) is 11.7. The Morgan fingerprint density at radius 1 is 1.11 bits per heavy atom. The largest absolute Gasteiger partial charge is 0.350 e. The van der Waals surface area contributed by atoms with E-state index in [9.17, 15) is 4.79 Å². The molecule has 0 aliphatic rings. The smallest absolute Gasteiger partial charge is 0.239 e. The number of carbonyl (C=O) groups excluding carboxylic acids is 1. The molecule has 2 aromatic carbocycles. The summed E-state index contributed by atoms with van der Waals surface area (Å²) in [6.07, 6.45) is 0. The van der Waals surface area contributed by atoms with Gasteiger partial charge in [0, 0.05) is 6.54 Å². The summed E-state index contributed by atoms with van der Waals surface area (Å²) < 4.78 is 0. The minimum atomic E-state index is -0.551. The molecule has 0 radical (unpaired) electrons. The second-order valence-corrected chi connectivity index (χ2v) is 5.20. The zero-order chi connectivity index (χ0) is 13.9. The molecular formula is C16H20N2O. The summed E-state index contributed by atoms with van der Waals surface area (Å²) in [6, 6.07) is 14.4. The first-order valence-electron chi connectivity index (χ1n) is 6.48. The number of benzene rings is 2. The zero-order valence-corrected chi connectivity index (χ0v) is 11.7. The first-order valence-corrected chi connectivity index (χ1v) is 6.48. The van der Waals surface area contributed by atoms with E-state index in [-0.39, 0.29) is 5.91 Å². The van der Waals surface area contributed by atoms with Crippen molar-refractivity contribution in [2.45, 2.75) is 25.9 Å². The van der Waals surface area contributed by atoms with Gasteiger partial charge in [0.05, 0.1) is 5.54 Å². The molecule has 0 heterocycles. The van der Waals surface area contributed by atoms with Crippen LogP contribution in [0.3, 0.4) is 0 Å². The molecule has 3 nitrogen and oxygen atoms in total. The second kappa shape index (κ2) is 5.41. The number of hydrogen-bond donors (Lipinski definition) is 2. The molecule has 0 atom stereocenters. The van der Waals surface area contributed by atoms with Crippen LogP contribution in [0.1, 0.15) is 19.4 Å². The molecule has 0 unspecified atom stereocenters. The molecule has 1 amide bonds. The van der Waals surface area contributed by atoms with Crippen molar-refractivity contribution in [1.82, 2.24) is 10.6 Å². The van der Waals surface area contributed by atoms with Gasteiger partial charge in [0.15, 0.2) is 0 Å². The second-order valence-electron chi connectivity index (χ2n) is 5.20. The van der Waals surface area contributed by atoms with Gasteiger partial charge in [-0.05, 0) is 37.2 Å². The summed E-state index contributed by atoms with van der Waals surface area (Å²) >= 11 is 0. The molecule has 2 rings (SSSR count). The summed E-state index contributed by atoms with van der Waals surface area (Å²) in [6.45, 7) is 4.28. The summed E-state index contributed by atoms with van der Waals surface area (Å²) in [5.74, 6) is 0.00272. The minimum Gasteiger partial charge on any atom is -0.350 e. The van der Waals surface area contributed by atoms with E-state index >= 15 is 0 Å². The van der Waals surface area contributed by atoms with Gasteiger partial charge in [0.2, 0.25) is 5.91 Å². The molecule has 0 aromatic heterocycles. The van der Waals surface area contributed by atoms with E-state index < -0.39 is 5.54 Å². The minimum absolute atomic E-state index is 0.00272. The first kappa shape index (κ1) is 13.6. The van der Waals surface area contributed by atoms with Crippen molar-refractivity contribution >= 4 is 16.7 Å². The number of carbonyl (C=O) groups is 1. The average molecular weight is 256 g/mol. The van der Waals surface area contributed by atoms with Crippen molar-refractivity contribution in [3.05, 3.63) is 48.0 Å². The Kier molecular flexibility index (Phi) is 3.86. The van der Waals surface area contributed by atoms with Crippen molar-refractivity contribution < 1.29 is 4.79 Å². The highest BCUT2D eigenvalue weighted by Gasteiger charge is 2.24. The number of amides is 1. The molecule has 0 bridgehead atoms. The predicted molar refractivity (Wildman–Crippen MR) is 78.9 cm³/mol. The van der Waals surface area contributed by atoms with Crippen LogP contribution >= 0.6 is 0 Å². The van der Waals surface area contributed by atoms with Gasteiger partial charge in [0.25, 0.3) is 0 Å². The van der Waals surface area contributed by atoms with Crippen LogP contribution in [-0.2, 0) is 11.3 Å². The van der Waals surface area contributed by atoms with Crippen LogP contribution in [0.4, 0.5) is 0 Å². The van der Waals surface area contributed by atoms with Crippen LogP contribution in [0.2, 0.25) is 0 Å². The highest BCUT2D eigenvalue weighted by atomic mass is 16.2. The molecular weight excluding hydrogens is 236 g/mol. The van der Waals surface area contributed by atoms with Gasteiger partial charge in [0.1, 0.15) is 0 Å². The molecule has 0 saturated carbocycles. The first-order chi connectivity index (χ1) is 9.04. The number of likely N-dealkylation sites (N-methyl/N-ethyl adjacent to an activating group) is 1. The van der Waals surface area contributed by atoms with Crippen molar-refractivity contribution in [3.8, 4) is 0 Å². The quantitative estimate of drug-likeness (QED) is 0.882. The fourth-order valence-corrected chi connectivity index (χ4v) is 1.96. The standard InChI is InChI=1S/C16H20N2O/c1-16(2,17-3)15(19)18-11-13-9-6-8-12-7-4-5-10-14(12)13/h4-10,17H,11H2,1-3H3,(H,18,19). The third kappa shape index (κ3) is 2.93. The molecule has 100 valence electrons. The highest BCUT2D eigenvalue weighted by Crippen LogP contribution is 2.18. The fourth-order valence-electron chi connectivity index (χ4n) is 1.96. The lowest BCUT2D eigenvalue weighted by Crippen LogP contribution is -2.50. The summed E-state index contributed by atoms with van der Waals surface area (Å²) in [5, 5.41) is 8.37. The third-order valence-electron chi connectivity index (χ3n) is 3.51. The van der Waals surface area contributed by atoms with E-state index in [1.165, 1.54) is 10.8 Å². The molecule has 3 heteroatoms. The molecule has 0 fully saturated rings. The summed E-state index contributed by atoms with van der Waals surface area (Å²) in [5.41, 5.74) is 0.586. The van der Waals surface area contributed by atoms with Gasteiger partial charge in [-0.3, -0.25) is 4.79 Å². The van der Waals surface area contributed by atoms with Crippen molar-refractivity contribution in [2.75, 3.05) is 7.05 Å². The van der Waals surface area contributed by atoms with Crippen molar-refractivity contribution in [1.29, 1.82) is 0 Å². The third-order valence-corrected chi connectivity index (χ3v) is 3.51. The number of rotatable bonds is 4. The Bertz CT molecular complexity index is 585. The van der Waals surface area contributed by atoms with Crippen LogP contribution in [0.25, 0.3) is 10.8 Å². The lowest BCUT2D eigenvalue weighted by Gasteiger charge is -2.23. The highest BCUT2D eigenvalue weighted by molar-refractivity contribution is 5.88. The monoisotopic (exact) mass is 256 g/mol. The van der Waals surface area contributed by atoms with Crippen molar-refractivity contribution in [2.24, 2.45) is 0 Å². The molecule has 0 aliphatic carbocycles. The number of nitrogens with one attached hydrogen (secondary N) is 2. The van der Waals surface area contributed by atoms with Crippen LogP contribution in [0.15, 0.2) is 42.5 Å². The molecule has 2 N–H and O–H groups in total. The van der Waals surface area contributed by atoms with Gasteiger partial charge in [-0.15, -0.1) is 0 Å². The maximum atomic E-state index is 12.0. The van der Waals surface area contributed by atoms with E-state index in [0.717, 1.165) is 5.56 Å². The van der Waals surface area contributed by atoms with Gasteiger partial charge in [-0.25, -0.2) is 0 Å². The van der Waals surface area contributed by atoms with E-state index in [4.69, 9.17) is 0 Å². The Labute approximate surface area is 114 Å². The Hall–Kier alpha value is -1.87. The maximum Gasteiger partial charge on any atom is 0.239 e. The van der Waals surface area contributed by atoms with E-state index in [1.54, 1.807) is 7.05 Å². The van der Waals surface area contributed by atoms with Crippen LogP contribution < -0.4 is 10.6 Å². The van der Waals surface area contributed by atoms with Gasteiger partial charge in [-0.2, -0.15) is 0 Å². The number of hydrogen-bond acceptors (Lipinski definition) is 2. The SMILES string of the molecule is CNC(C)(C)C(=O)NCc1cccc2ccccc12. The van der Waals surface area contributed by atoms with Crippen LogP contribution in [0.5, 0.6) is 0 Å². The lowest BCUT2D eigenvalue weighted by atomic mass is 10.0. The van der Waals surface area contributed by atoms with Gasteiger partial charge in [-0.1, -0.05) is 42.5 Å². The average Bonchev–Trinajstić information content (AvgIpc) is 2.44. The van der Waals surface area contributed by atoms with Gasteiger partial charge < -0.3 is 10.6 Å². The summed E-state index contributed by atoms with van der Waals surface area (Å²) in [7, 11) is 1.79. The van der Waals surface area contributed by atoms with Crippen LogP contribution in [-0.4, -0.2) is 18.5 Å². The molecule has 0 aliphatic heterocycles. The van der Waals surface area contributed by atoms with E-state index in [0.29, 0.717) is 6.54 Å².